The number of nitrogens with zero attached hydrogens (tertiary/aromatic N) is 3. The van der Waals surface area contributed by atoms with Crippen LogP contribution in [0.3, 0.4) is 0 Å². The Hall–Kier alpha value is -0.350. The van der Waals surface area contributed by atoms with Crippen LogP contribution in [0.25, 0.3) is 0 Å². The predicted octanol–water partition coefficient (Wildman–Crippen LogP) is 3.66. The molecular formula is C11H15BrClN3. The van der Waals surface area contributed by atoms with Gasteiger partial charge in [-0.05, 0) is 41.6 Å². The van der Waals surface area contributed by atoms with E-state index in [1.54, 1.807) is 0 Å². The highest BCUT2D eigenvalue weighted by Gasteiger charge is 2.24. The molecule has 1 fully saturated rings. The van der Waals surface area contributed by atoms with Crippen LogP contribution < -0.4 is 4.90 Å². The van der Waals surface area contributed by atoms with Crippen molar-refractivity contribution in [2.45, 2.75) is 38.6 Å². The van der Waals surface area contributed by atoms with Gasteiger partial charge in [0.2, 0.25) is 0 Å². The highest BCUT2D eigenvalue weighted by molar-refractivity contribution is 9.10. The van der Waals surface area contributed by atoms with E-state index in [2.05, 4.69) is 37.7 Å². The Balaban J connectivity index is 2.30. The van der Waals surface area contributed by atoms with Crippen LogP contribution in [0, 0.1) is 0 Å². The van der Waals surface area contributed by atoms with Gasteiger partial charge in [0.1, 0.15) is 17.3 Å². The van der Waals surface area contributed by atoms with E-state index in [4.69, 9.17) is 11.6 Å². The van der Waals surface area contributed by atoms with Crippen LogP contribution in [-0.4, -0.2) is 22.6 Å². The summed E-state index contributed by atoms with van der Waals surface area (Å²) >= 11 is 9.47. The van der Waals surface area contributed by atoms with Gasteiger partial charge in [0.05, 0.1) is 4.47 Å². The molecule has 1 atom stereocenters. The van der Waals surface area contributed by atoms with Crippen molar-refractivity contribution in [2.24, 2.45) is 0 Å². The van der Waals surface area contributed by atoms with E-state index in [1.165, 1.54) is 25.6 Å². The second-order valence-electron chi connectivity index (χ2n) is 4.05. The zero-order valence-electron chi connectivity index (χ0n) is 9.29. The second kappa shape index (κ2) is 5.32. The van der Waals surface area contributed by atoms with E-state index in [0.29, 0.717) is 11.2 Å². The van der Waals surface area contributed by atoms with Gasteiger partial charge >= 0.3 is 0 Å². The smallest absolute Gasteiger partial charge is 0.148 e. The normalized spacial score (nSPS) is 21.2. The van der Waals surface area contributed by atoms with E-state index in [9.17, 15) is 0 Å². The van der Waals surface area contributed by atoms with Crippen molar-refractivity contribution in [3.8, 4) is 0 Å². The summed E-state index contributed by atoms with van der Waals surface area (Å²) in [5, 5.41) is 0.491. The fraction of sp³-hybridized carbons (Fsp3) is 0.636. The second-order valence-corrected chi connectivity index (χ2v) is 5.20. The number of aromatic nitrogens is 2. The molecule has 5 heteroatoms. The summed E-state index contributed by atoms with van der Waals surface area (Å²) < 4.78 is 0.817. The van der Waals surface area contributed by atoms with E-state index in [0.717, 1.165) is 23.3 Å². The van der Waals surface area contributed by atoms with Crippen molar-refractivity contribution in [1.29, 1.82) is 0 Å². The highest BCUT2D eigenvalue weighted by Crippen LogP contribution is 2.33. The zero-order chi connectivity index (χ0) is 11.5. The van der Waals surface area contributed by atoms with Crippen LogP contribution in [0.2, 0.25) is 5.15 Å². The molecular weight excluding hydrogens is 289 g/mol. The molecule has 2 heterocycles. The first-order valence-electron chi connectivity index (χ1n) is 5.66. The standard InChI is InChI=1S/C11H15BrClN3/c1-2-8-5-3-4-6-16(8)11-9(12)10(13)14-7-15-11/h7-8H,2-6H2,1H3. The molecule has 0 saturated carbocycles. The molecule has 16 heavy (non-hydrogen) atoms. The molecule has 88 valence electrons. The molecule has 0 bridgehead atoms. The van der Waals surface area contributed by atoms with Crippen LogP contribution in [-0.2, 0) is 0 Å². The number of rotatable bonds is 2. The van der Waals surface area contributed by atoms with Gasteiger partial charge in [0.25, 0.3) is 0 Å². The topological polar surface area (TPSA) is 29.0 Å². The van der Waals surface area contributed by atoms with Gasteiger partial charge in [-0.3, -0.25) is 0 Å². The molecule has 1 saturated heterocycles. The fourth-order valence-electron chi connectivity index (χ4n) is 2.24. The van der Waals surface area contributed by atoms with E-state index in [-0.39, 0.29) is 0 Å². The third-order valence-corrected chi connectivity index (χ3v) is 4.34. The van der Waals surface area contributed by atoms with Gasteiger partial charge in [0, 0.05) is 12.6 Å². The highest BCUT2D eigenvalue weighted by atomic mass is 79.9. The summed E-state index contributed by atoms with van der Waals surface area (Å²) in [5.74, 6) is 0.937. The van der Waals surface area contributed by atoms with Crippen molar-refractivity contribution >= 4 is 33.3 Å². The van der Waals surface area contributed by atoms with E-state index in [1.807, 2.05) is 0 Å². The summed E-state index contributed by atoms with van der Waals surface area (Å²) in [6.07, 6.45) is 6.46. The Morgan fingerprint density at radius 1 is 1.50 bits per heavy atom. The number of halogens is 2. The molecule has 1 unspecified atom stereocenters. The number of hydrogen-bond acceptors (Lipinski definition) is 3. The quantitative estimate of drug-likeness (QED) is 0.781. The molecule has 2 rings (SSSR count). The molecule has 0 radical (unpaired) electrons. The lowest BCUT2D eigenvalue weighted by molar-refractivity contribution is 0.446. The maximum atomic E-state index is 6.00. The number of piperidine rings is 1. The van der Waals surface area contributed by atoms with E-state index >= 15 is 0 Å². The third-order valence-electron chi connectivity index (χ3n) is 3.10. The molecule has 0 aliphatic carbocycles. The minimum absolute atomic E-state index is 0.491. The van der Waals surface area contributed by atoms with Crippen molar-refractivity contribution in [1.82, 2.24) is 9.97 Å². The molecule has 1 aliphatic rings. The molecule has 0 N–H and O–H groups in total. The molecule has 0 amide bonds. The Morgan fingerprint density at radius 2 is 2.31 bits per heavy atom. The van der Waals surface area contributed by atoms with Gasteiger partial charge in [0.15, 0.2) is 0 Å². The maximum Gasteiger partial charge on any atom is 0.148 e. The monoisotopic (exact) mass is 303 g/mol. The van der Waals surface area contributed by atoms with Crippen molar-refractivity contribution in [2.75, 3.05) is 11.4 Å². The Bertz CT molecular complexity index is 372. The first kappa shape index (κ1) is 12.1. The zero-order valence-corrected chi connectivity index (χ0v) is 11.6. The lowest BCUT2D eigenvalue weighted by Gasteiger charge is -2.36. The average molecular weight is 305 g/mol. The molecule has 1 aromatic heterocycles. The van der Waals surface area contributed by atoms with Crippen LogP contribution in [0.5, 0.6) is 0 Å². The van der Waals surface area contributed by atoms with Crippen LogP contribution in [0.15, 0.2) is 10.8 Å². The molecule has 1 aromatic rings. The third kappa shape index (κ3) is 2.33. The summed E-state index contributed by atoms with van der Waals surface area (Å²) in [6.45, 7) is 3.28. The van der Waals surface area contributed by atoms with Gasteiger partial charge < -0.3 is 4.90 Å². The van der Waals surface area contributed by atoms with Crippen LogP contribution in [0.4, 0.5) is 5.82 Å². The van der Waals surface area contributed by atoms with Gasteiger partial charge in [-0.25, -0.2) is 9.97 Å². The first-order chi connectivity index (χ1) is 7.74. The minimum Gasteiger partial charge on any atom is -0.353 e. The first-order valence-corrected chi connectivity index (χ1v) is 6.83. The van der Waals surface area contributed by atoms with Crippen molar-refractivity contribution in [3.05, 3.63) is 16.0 Å². The lowest BCUT2D eigenvalue weighted by atomic mass is 10.0. The Labute approximate surface area is 109 Å². The van der Waals surface area contributed by atoms with Gasteiger partial charge in [-0.1, -0.05) is 18.5 Å². The SMILES string of the molecule is CCC1CCCCN1c1ncnc(Cl)c1Br. The summed E-state index contributed by atoms with van der Waals surface area (Å²) in [5.41, 5.74) is 0. The summed E-state index contributed by atoms with van der Waals surface area (Å²) in [4.78, 5) is 10.7. The lowest BCUT2D eigenvalue weighted by Crippen LogP contribution is -2.39. The summed E-state index contributed by atoms with van der Waals surface area (Å²) in [6, 6.07) is 0.580. The molecule has 0 aromatic carbocycles. The van der Waals surface area contributed by atoms with Gasteiger partial charge in [-0.2, -0.15) is 0 Å². The number of anilines is 1. The molecule has 0 spiro atoms. The van der Waals surface area contributed by atoms with Crippen molar-refractivity contribution in [3.63, 3.8) is 0 Å². The van der Waals surface area contributed by atoms with Crippen molar-refractivity contribution < 1.29 is 0 Å². The van der Waals surface area contributed by atoms with E-state index < -0.39 is 0 Å². The van der Waals surface area contributed by atoms with Crippen LogP contribution in [0.1, 0.15) is 32.6 Å². The fourth-order valence-corrected chi connectivity index (χ4v) is 2.80. The molecule has 3 nitrogen and oxygen atoms in total. The maximum absolute atomic E-state index is 6.00. The minimum atomic E-state index is 0.491. The Kier molecular flexibility index (Phi) is 4.03. The van der Waals surface area contributed by atoms with Crippen LogP contribution >= 0.6 is 27.5 Å². The Morgan fingerprint density at radius 3 is 3.06 bits per heavy atom. The van der Waals surface area contributed by atoms with Gasteiger partial charge in [-0.15, -0.1) is 0 Å². The largest absolute Gasteiger partial charge is 0.353 e. The predicted molar refractivity (Wildman–Crippen MR) is 70.0 cm³/mol. The average Bonchev–Trinajstić information content (AvgIpc) is 2.33. The molecule has 1 aliphatic heterocycles. The summed E-state index contributed by atoms with van der Waals surface area (Å²) in [7, 11) is 0. The number of hydrogen-bond donors (Lipinski definition) is 0.